The highest BCUT2D eigenvalue weighted by Crippen LogP contribution is 2.17. The minimum atomic E-state index is 0. The number of hydrogen-bond donors (Lipinski definition) is 2. The van der Waals surface area contributed by atoms with Crippen molar-refractivity contribution in [3.8, 4) is 5.75 Å². The monoisotopic (exact) mass is 448 g/mol. The maximum Gasteiger partial charge on any atom is 0.191 e. The van der Waals surface area contributed by atoms with Gasteiger partial charge in [-0.05, 0) is 38.1 Å². The molecule has 1 aromatic rings. The molecule has 0 bridgehead atoms. The number of methoxy groups -OCH3 is 1. The molecule has 1 rings (SSSR count). The van der Waals surface area contributed by atoms with Crippen LogP contribution in [0.3, 0.4) is 0 Å². The van der Waals surface area contributed by atoms with E-state index in [1.54, 1.807) is 14.2 Å². The lowest BCUT2D eigenvalue weighted by Gasteiger charge is -2.27. The van der Waals surface area contributed by atoms with Crippen LogP contribution < -0.4 is 15.4 Å². The van der Waals surface area contributed by atoms with Crippen molar-refractivity contribution in [3.63, 3.8) is 0 Å². The lowest BCUT2D eigenvalue weighted by atomic mass is 10.1. The SMILES string of the molecule is CCN(CC)C(C)CNC(=NC)NCCc1ccccc1OC.I. The van der Waals surface area contributed by atoms with Gasteiger partial charge in [0.15, 0.2) is 5.96 Å². The molecule has 0 saturated heterocycles. The van der Waals surface area contributed by atoms with E-state index in [1.165, 1.54) is 5.56 Å². The first-order chi connectivity index (χ1) is 11.2. The number of guanidine groups is 1. The molecule has 24 heavy (non-hydrogen) atoms. The molecule has 0 saturated carbocycles. The Kier molecular flexibility index (Phi) is 12.7. The van der Waals surface area contributed by atoms with E-state index in [-0.39, 0.29) is 24.0 Å². The van der Waals surface area contributed by atoms with Gasteiger partial charge < -0.3 is 15.4 Å². The normalized spacial score (nSPS) is 12.5. The minimum absolute atomic E-state index is 0. The van der Waals surface area contributed by atoms with Gasteiger partial charge in [-0.2, -0.15) is 0 Å². The highest BCUT2D eigenvalue weighted by atomic mass is 127. The van der Waals surface area contributed by atoms with Crippen LogP contribution >= 0.6 is 24.0 Å². The van der Waals surface area contributed by atoms with Crippen LogP contribution in [-0.4, -0.2) is 57.2 Å². The number of ether oxygens (including phenoxy) is 1. The zero-order chi connectivity index (χ0) is 17.1. The van der Waals surface area contributed by atoms with E-state index < -0.39 is 0 Å². The highest BCUT2D eigenvalue weighted by Gasteiger charge is 2.10. The number of nitrogens with one attached hydrogen (secondary N) is 2. The number of rotatable bonds is 9. The maximum absolute atomic E-state index is 5.38. The number of nitrogens with zero attached hydrogens (tertiary/aromatic N) is 2. The molecule has 5 nitrogen and oxygen atoms in total. The summed E-state index contributed by atoms with van der Waals surface area (Å²) in [6, 6.07) is 8.60. The molecule has 0 heterocycles. The summed E-state index contributed by atoms with van der Waals surface area (Å²) in [5.41, 5.74) is 1.20. The lowest BCUT2D eigenvalue weighted by molar-refractivity contribution is 0.231. The predicted molar refractivity (Wildman–Crippen MR) is 114 cm³/mol. The summed E-state index contributed by atoms with van der Waals surface area (Å²) in [5.74, 6) is 1.78. The Morgan fingerprint density at radius 3 is 2.46 bits per heavy atom. The van der Waals surface area contributed by atoms with Crippen LogP contribution in [0.4, 0.5) is 0 Å². The van der Waals surface area contributed by atoms with E-state index in [1.807, 2.05) is 18.2 Å². The predicted octanol–water partition coefficient (Wildman–Crippen LogP) is 2.75. The summed E-state index contributed by atoms with van der Waals surface area (Å²) in [7, 11) is 3.52. The molecular weight excluding hydrogens is 415 g/mol. The third kappa shape index (κ3) is 7.70. The number of likely N-dealkylation sites (N-methyl/N-ethyl adjacent to an activating group) is 1. The van der Waals surface area contributed by atoms with Crippen LogP contribution in [0.15, 0.2) is 29.3 Å². The first-order valence-electron chi connectivity index (χ1n) is 8.46. The van der Waals surface area contributed by atoms with E-state index in [9.17, 15) is 0 Å². The fraction of sp³-hybridized carbons (Fsp3) is 0.611. The molecule has 0 aliphatic heterocycles. The lowest BCUT2D eigenvalue weighted by Crippen LogP contribution is -2.46. The summed E-state index contributed by atoms with van der Waals surface area (Å²) < 4.78 is 5.38. The largest absolute Gasteiger partial charge is 0.496 e. The molecule has 0 aromatic heterocycles. The van der Waals surface area contributed by atoms with Crippen LogP contribution in [0.5, 0.6) is 5.75 Å². The summed E-state index contributed by atoms with van der Waals surface area (Å²) >= 11 is 0. The molecule has 6 heteroatoms. The van der Waals surface area contributed by atoms with Crippen molar-refractivity contribution in [3.05, 3.63) is 29.8 Å². The van der Waals surface area contributed by atoms with Gasteiger partial charge in [0.25, 0.3) is 0 Å². The summed E-state index contributed by atoms with van der Waals surface area (Å²) in [4.78, 5) is 6.72. The van der Waals surface area contributed by atoms with Gasteiger partial charge in [0.05, 0.1) is 7.11 Å². The zero-order valence-electron chi connectivity index (χ0n) is 15.6. The van der Waals surface area contributed by atoms with Gasteiger partial charge in [0, 0.05) is 26.2 Å². The number of halogens is 1. The molecule has 0 radical (unpaired) electrons. The average molecular weight is 448 g/mol. The quantitative estimate of drug-likeness (QED) is 0.347. The van der Waals surface area contributed by atoms with Gasteiger partial charge in [-0.1, -0.05) is 32.0 Å². The van der Waals surface area contributed by atoms with Crippen molar-refractivity contribution in [1.29, 1.82) is 0 Å². The Labute approximate surface area is 164 Å². The molecule has 0 fully saturated rings. The van der Waals surface area contributed by atoms with E-state index >= 15 is 0 Å². The van der Waals surface area contributed by atoms with Gasteiger partial charge in [0.1, 0.15) is 5.75 Å². The van der Waals surface area contributed by atoms with Crippen molar-refractivity contribution >= 4 is 29.9 Å². The molecule has 0 amide bonds. The van der Waals surface area contributed by atoms with E-state index in [0.717, 1.165) is 44.3 Å². The second-order valence-electron chi connectivity index (χ2n) is 5.51. The molecule has 0 aliphatic carbocycles. The fourth-order valence-corrected chi connectivity index (χ4v) is 2.67. The van der Waals surface area contributed by atoms with Gasteiger partial charge >= 0.3 is 0 Å². The van der Waals surface area contributed by atoms with E-state index in [2.05, 4.69) is 47.4 Å². The Morgan fingerprint density at radius 1 is 1.21 bits per heavy atom. The zero-order valence-corrected chi connectivity index (χ0v) is 18.0. The van der Waals surface area contributed by atoms with Gasteiger partial charge in [-0.25, -0.2) is 0 Å². The molecule has 138 valence electrons. The van der Waals surface area contributed by atoms with Crippen molar-refractivity contribution in [2.75, 3.05) is 40.3 Å². The third-order valence-electron chi connectivity index (χ3n) is 4.10. The van der Waals surface area contributed by atoms with Crippen molar-refractivity contribution < 1.29 is 4.74 Å². The van der Waals surface area contributed by atoms with Gasteiger partial charge in [-0.15, -0.1) is 24.0 Å². The topological polar surface area (TPSA) is 48.9 Å². The summed E-state index contributed by atoms with van der Waals surface area (Å²) in [6.07, 6.45) is 0.899. The van der Waals surface area contributed by atoms with E-state index in [4.69, 9.17) is 4.74 Å². The van der Waals surface area contributed by atoms with Gasteiger partial charge in [0.2, 0.25) is 0 Å². The highest BCUT2D eigenvalue weighted by molar-refractivity contribution is 14.0. The fourth-order valence-electron chi connectivity index (χ4n) is 2.67. The number of para-hydroxylation sites is 1. The molecule has 2 N–H and O–H groups in total. The van der Waals surface area contributed by atoms with Crippen LogP contribution in [0.25, 0.3) is 0 Å². The molecular formula is C18H33IN4O. The molecule has 1 atom stereocenters. The first kappa shape index (κ1) is 23.0. The van der Waals surface area contributed by atoms with Crippen molar-refractivity contribution in [2.24, 2.45) is 4.99 Å². The minimum Gasteiger partial charge on any atom is -0.496 e. The number of hydrogen-bond acceptors (Lipinski definition) is 3. The molecule has 1 unspecified atom stereocenters. The molecule has 0 spiro atoms. The summed E-state index contributed by atoms with van der Waals surface area (Å²) in [6.45, 7) is 10.5. The number of aliphatic imine (C=N–C) groups is 1. The average Bonchev–Trinajstić information content (AvgIpc) is 2.59. The van der Waals surface area contributed by atoms with Crippen LogP contribution in [-0.2, 0) is 6.42 Å². The van der Waals surface area contributed by atoms with Gasteiger partial charge in [-0.3, -0.25) is 9.89 Å². The molecule has 0 aliphatic rings. The van der Waals surface area contributed by atoms with Crippen LogP contribution in [0.2, 0.25) is 0 Å². The van der Waals surface area contributed by atoms with E-state index in [0.29, 0.717) is 6.04 Å². The maximum atomic E-state index is 5.38. The Morgan fingerprint density at radius 2 is 1.88 bits per heavy atom. The summed E-state index contributed by atoms with van der Waals surface area (Å²) in [5, 5.41) is 6.76. The Bertz CT molecular complexity index is 478. The third-order valence-corrected chi connectivity index (χ3v) is 4.10. The van der Waals surface area contributed by atoms with Crippen LogP contribution in [0, 0.1) is 0 Å². The standard InChI is InChI=1S/C18H32N4O.HI/c1-6-22(7-2)15(3)14-21-18(19-4)20-13-12-16-10-8-9-11-17(16)23-5;/h8-11,15H,6-7,12-14H2,1-5H3,(H2,19,20,21);1H. The second-order valence-corrected chi connectivity index (χ2v) is 5.51. The van der Waals surface area contributed by atoms with Crippen molar-refractivity contribution in [1.82, 2.24) is 15.5 Å². The van der Waals surface area contributed by atoms with Crippen molar-refractivity contribution in [2.45, 2.75) is 33.2 Å². The smallest absolute Gasteiger partial charge is 0.191 e. The Hall–Kier alpha value is -1.02. The molecule has 1 aromatic carbocycles. The Balaban J connectivity index is 0.00000529. The second kappa shape index (κ2) is 13.3. The number of benzene rings is 1. The first-order valence-corrected chi connectivity index (χ1v) is 8.46. The van der Waals surface area contributed by atoms with Crippen LogP contribution in [0.1, 0.15) is 26.3 Å².